The molecule has 10 heteroatoms. The molecule has 0 unspecified atom stereocenters. The minimum absolute atomic E-state index is 0. The predicted octanol–water partition coefficient (Wildman–Crippen LogP) is 2.26. The zero-order valence-corrected chi connectivity index (χ0v) is 24.4. The Morgan fingerprint density at radius 2 is 1.73 bits per heavy atom. The van der Waals surface area contributed by atoms with E-state index in [1.165, 1.54) is 18.2 Å². The van der Waals surface area contributed by atoms with Crippen LogP contribution in [0.4, 0.5) is 13.2 Å². The number of carbonyl (C=O) groups is 2. The van der Waals surface area contributed by atoms with Gasteiger partial charge in [0.2, 0.25) is 0 Å². The molecule has 1 amide bonds. The predicted molar refractivity (Wildman–Crippen MR) is 129 cm³/mol. The smallest absolute Gasteiger partial charge is 0.545 e. The van der Waals surface area contributed by atoms with Crippen LogP contribution in [0.1, 0.15) is 50.2 Å². The Hall–Kier alpha value is -1.95. The largest absolute Gasteiger partial charge is 1.00 e. The summed E-state index contributed by atoms with van der Waals surface area (Å²) in [6, 6.07) is 17.0. The van der Waals surface area contributed by atoms with Gasteiger partial charge in [-0.1, -0.05) is 58.4 Å². The van der Waals surface area contributed by atoms with Gasteiger partial charge in [-0.3, -0.25) is 4.79 Å². The molecular formula is C27H19BrF3KN2O3. The second kappa shape index (κ2) is 10.7. The quantitative estimate of drug-likeness (QED) is 0.348. The van der Waals surface area contributed by atoms with Crippen LogP contribution in [0.5, 0.6) is 0 Å². The number of fused-ring (bicyclic) bond motifs is 1. The minimum Gasteiger partial charge on any atom is -0.545 e. The van der Waals surface area contributed by atoms with Gasteiger partial charge in [0.15, 0.2) is 0 Å². The molecule has 0 spiro atoms. The summed E-state index contributed by atoms with van der Waals surface area (Å²) in [5.41, 5.74) is 1.33. The number of hydrogen-bond acceptors (Lipinski definition) is 3. The Balaban J connectivity index is 0.00000320. The molecule has 0 aliphatic heterocycles. The van der Waals surface area contributed by atoms with Crippen molar-refractivity contribution < 1.29 is 79.3 Å². The van der Waals surface area contributed by atoms with Crippen molar-refractivity contribution >= 4 is 38.7 Å². The van der Waals surface area contributed by atoms with Gasteiger partial charge in [0, 0.05) is 22.6 Å². The van der Waals surface area contributed by atoms with Crippen molar-refractivity contribution in [3.8, 4) is 0 Å². The van der Waals surface area contributed by atoms with Gasteiger partial charge in [0.25, 0.3) is 5.91 Å². The molecule has 1 saturated carbocycles. The van der Waals surface area contributed by atoms with Gasteiger partial charge < -0.3 is 19.8 Å². The molecule has 1 heterocycles. The molecule has 3 aromatic carbocycles. The van der Waals surface area contributed by atoms with Gasteiger partial charge in [-0.05, 0) is 53.8 Å². The average Bonchev–Trinajstić information content (AvgIpc) is 3.51. The number of rotatable bonds is 6. The molecule has 0 saturated heterocycles. The number of alkyl halides is 3. The maximum Gasteiger partial charge on any atom is 1.00 e. The maximum absolute atomic E-state index is 13.4. The minimum atomic E-state index is -4.43. The zero-order chi connectivity index (χ0) is 25.7. The maximum atomic E-state index is 13.4. The van der Waals surface area contributed by atoms with E-state index in [2.05, 4.69) is 21.2 Å². The average molecular weight is 595 g/mol. The van der Waals surface area contributed by atoms with Crippen molar-refractivity contribution in [2.45, 2.75) is 31.1 Å². The van der Waals surface area contributed by atoms with E-state index >= 15 is 0 Å². The Morgan fingerprint density at radius 3 is 2.32 bits per heavy atom. The first-order chi connectivity index (χ1) is 17.1. The number of benzene rings is 3. The van der Waals surface area contributed by atoms with Crippen LogP contribution >= 0.6 is 15.9 Å². The summed E-state index contributed by atoms with van der Waals surface area (Å²) in [5.74, 6) is -1.55. The van der Waals surface area contributed by atoms with E-state index in [1.54, 1.807) is 30.5 Å². The SMILES string of the molecule is O=C([O-])c1ccc(C2(NC(=O)c3cccc4ccn(Cc5ccc(C(F)(F)F)cc5Br)c34)CC2)cc1.[K+]. The molecule has 37 heavy (non-hydrogen) atoms. The monoisotopic (exact) mass is 594 g/mol. The van der Waals surface area contributed by atoms with E-state index < -0.39 is 23.2 Å². The van der Waals surface area contributed by atoms with Crippen molar-refractivity contribution in [3.05, 3.63) is 105 Å². The summed E-state index contributed by atoms with van der Waals surface area (Å²) in [4.78, 5) is 24.5. The number of nitrogens with zero attached hydrogens (tertiary/aromatic N) is 1. The topological polar surface area (TPSA) is 74.2 Å². The Morgan fingerprint density at radius 1 is 1.03 bits per heavy atom. The van der Waals surface area contributed by atoms with Gasteiger partial charge in [0.05, 0.1) is 28.2 Å². The number of nitrogens with one attached hydrogen (secondary N) is 1. The number of aromatic carboxylic acids is 1. The second-order valence-electron chi connectivity index (χ2n) is 8.89. The molecule has 0 radical (unpaired) electrons. The van der Waals surface area contributed by atoms with Crippen LogP contribution in [0.2, 0.25) is 0 Å². The number of amides is 1. The number of hydrogen-bond donors (Lipinski definition) is 1. The first kappa shape index (κ1) is 28.1. The molecule has 0 atom stereocenters. The van der Waals surface area contributed by atoms with Crippen LogP contribution in [-0.4, -0.2) is 16.4 Å². The van der Waals surface area contributed by atoms with Crippen molar-refractivity contribution in [2.24, 2.45) is 0 Å². The van der Waals surface area contributed by atoms with Gasteiger partial charge in [0.1, 0.15) is 0 Å². The molecule has 184 valence electrons. The fourth-order valence-electron chi connectivity index (χ4n) is 4.43. The molecule has 5 nitrogen and oxygen atoms in total. The Bertz CT molecular complexity index is 1500. The summed E-state index contributed by atoms with van der Waals surface area (Å²) in [6.45, 7) is 0.266. The van der Waals surface area contributed by atoms with Crippen LogP contribution in [0.25, 0.3) is 10.9 Å². The fraction of sp³-hybridized carbons (Fsp3) is 0.185. The van der Waals surface area contributed by atoms with Crippen molar-refractivity contribution in [3.63, 3.8) is 0 Å². The van der Waals surface area contributed by atoms with Crippen LogP contribution in [0.3, 0.4) is 0 Å². The zero-order valence-electron chi connectivity index (χ0n) is 19.7. The third-order valence-electron chi connectivity index (χ3n) is 6.53. The number of para-hydroxylation sites is 1. The van der Waals surface area contributed by atoms with Crippen LogP contribution < -0.4 is 61.8 Å². The summed E-state index contributed by atoms with van der Waals surface area (Å²) < 4.78 is 41.3. The normalized spacial score (nSPS) is 14.2. The van der Waals surface area contributed by atoms with E-state index in [-0.39, 0.29) is 69.4 Å². The third-order valence-corrected chi connectivity index (χ3v) is 7.27. The van der Waals surface area contributed by atoms with E-state index in [9.17, 15) is 27.9 Å². The molecule has 1 N–H and O–H groups in total. The van der Waals surface area contributed by atoms with Crippen LogP contribution in [0, 0.1) is 0 Å². The van der Waals surface area contributed by atoms with E-state index in [1.807, 2.05) is 16.7 Å². The molecule has 4 aromatic rings. The van der Waals surface area contributed by atoms with Crippen molar-refractivity contribution in [1.82, 2.24) is 9.88 Å². The standard InChI is InChI=1S/C27H20BrF3N2O3.K/c28-22-14-20(27(29,30)31)9-6-18(22)15-33-13-10-16-2-1-3-21(23(16)33)24(34)32-26(11-12-26)19-7-4-17(5-8-19)25(35)36;/h1-10,13-14H,11-12,15H2,(H,32,34)(H,35,36);/q;+1/p-1. The summed E-state index contributed by atoms with van der Waals surface area (Å²) in [5, 5.41) is 15.0. The number of carboxylic acid groups (broad SMARTS) is 1. The van der Waals surface area contributed by atoms with Gasteiger partial charge in [-0.15, -0.1) is 0 Å². The molecule has 1 aliphatic rings. The van der Waals surface area contributed by atoms with Gasteiger partial charge >= 0.3 is 57.6 Å². The molecule has 1 aromatic heterocycles. The van der Waals surface area contributed by atoms with Crippen molar-refractivity contribution in [1.29, 1.82) is 0 Å². The number of carboxylic acids is 1. The first-order valence-corrected chi connectivity index (χ1v) is 11.9. The van der Waals surface area contributed by atoms with Crippen molar-refractivity contribution in [2.75, 3.05) is 0 Å². The number of aromatic nitrogens is 1. The fourth-order valence-corrected chi connectivity index (χ4v) is 4.94. The Kier molecular flexibility index (Phi) is 8.09. The van der Waals surface area contributed by atoms with E-state index in [0.717, 1.165) is 35.9 Å². The van der Waals surface area contributed by atoms with Crippen LogP contribution in [-0.2, 0) is 18.3 Å². The van der Waals surface area contributed by atoms with E-state index in [4.69, 9.17) is 0 Å². The first-order valence-electron chi connectivity index (χ1n) is 11.2. The summed E-state index contributed by atoms with van der Waals surface area (Å²) >= 11 is 3.25. The number of halogens is 4. The van der Waals surface area contributed by atoms with Gasteiger partial charge in [-0.25, -0.2) is 0 Å². The molecular weight excluding hydrogens is 576 g/mol. The molecule has 1 fully saturated rings. The summed E-state index contributed by atoms with van der Waals surface area (Å²) in [7, 11) is 0. The Labute approximate surface area is 261 Å². The van der Waals surface area contributed by atoms with Gasteiger partial charge in [-0.2, -0.15) is 13.2 Å². The van der Waals surface area contributed by atoms with E-state index in [0.29, 0.717) is 21.1 Å². The van der Waals surface area contributed by atoms with Crippen LogP contribution in [0.15, 0.2) is 77.4 Å². The summed E-state index contributed by atoms with van der Waals surface area (Å²) in [6.07, 6.45) is -1.19. The third kappa shape index (κ3) is 5.74. The molecule has 0 bridgehead atoms. The second-order valence-corrected chi connectivity index (χ2v) is 9.75. The number of carbonyl (C=O) groups excluding carboxylic acids is 2. The molecule has 1 aliphatic carbocycles. The molecule has 5 rings (SSSR count).